The summed E-state index contributed by atoms with van der Waals surface area (Å²) in [5.74, 6) is -0.307. The number of benzene rings is 2. The minimum atomic E-state index is -3.87. The molecule has 0 aliphatic heterocycles. The maximum Gasteiger partial charge on any atom is 0.265 e. The molecule has 2 rings (SSSR count). The number of hydrogen-bond donors (Lipinski definition) is 2. The van der Waals surface area contributed by atoms with Crippen molar-refractivity contribution in [2.75, 3.05) is 4.72 Å². The Kier molecular flexibility index (Phi) is 3.68. The molecule has 0 saturated heterocycles. The summed E-state index contributed by atoms with van der Waals surface area (Å²) in [5.41, 5.74) is 1.16. The van der Waals surface area contributed by atoms with Crippen LogP contribution in [0.25, 0.3) is 0 Å². The first-order chi connectivity index (χ1) is 8.90. The van der Waals surface area contributed by atoms with Crippen LogP contribution in [0.4, 0.5) is 5.69 Å². The molecule has 2 aromatic rings. The molecule has 0 aromatic heterocycles. The number of rotatable bonds is 3. The van der Waals surface area contributed by atoms with Gasteiger partial charge in [0, 0.05) is 0 Å². The Morgan fingerprint density at radius 1 is 1.16 bits per heavy atom. The van der Waals surface area contributed by atoms with Gasteiger partial charge in [-0.1, -0.05) is 29.8 Å². The zero-order valence-corrected chi connectivity index (χ0v) is 11.7. The van der Waals surface area contributed by atoms with Gasteiger partial charge in [0.1, 0.15) is 10.6 Å². The number of halogens is 1. The van der Waals surface area contributed by atoms with E-state index in [0.717, 1.165) is 5.56 Å². The third-order valence-electron chi connectivity index (χ3n) is 2.52. The first-order valence-electron chi connectivity index (χ1n) is 5.47. The fraction of sp³-hybridized carbons (Fsp3) is 0.0769. The smallest absolute Gasteiger partial charge is 0.265 e. The fourth-order valence-electron chi connectivity index (χ4n) is 1.60. The van der Waals surface area contributed by atoms with Gasteiger partial charge < -0.3 is 5.11 Å². The zero-order chi connectivity index (χ0) is 14.0. The van der Waals surface area contributed by atoms with Gasteiger partial charge in [-0.25, -0.2) is 8.42 Å². The molecule has 19 heavy (non-hydrogen) atoms. The van der Waals surface area contributed by atoms with Crippen molar-refractivity contribution in [2.45, 2.75) is 11.8 Å². The Hall–Kier alpha value is -1.72. The molecule has 0 spiro atoms. The van der Waals surface area contributed by atoms with Gasteiger partial charge in [0.05, 0.1) is 10.7 Å². The van der Waals surface area contributed by atoms with Crippen LogP contribution in [0.5, 0.6) is 5.75 Å². The molecule has 0 heterocycles. The highest BCUT2D eigenvalue weighted by Crippen LogP contribution is 2.28. The molecule has 0 aliphatic rings. The van der Waals surface area contributed by atoms with E-state index in [9.17, 15) is 13.5 Å². The summed E-state index contributed by atoms with van der Waals surface area (Å²) in [7, 11) is -3.87. The van der Waals surface area contributed by atoms with Gasteiger partial charge in [0.25, 0.3) is 10.0 Å². The first kappa shape index (κ1) is 13.7. The molecule has 0 aliphatic carbocycles. The van der Waals surface area contributed by atoms with Gasteiger partial charge in [-0.05, 0) is 36.8 Å². The average Bonchev–Trinajstić information content (AvgIpc) is 2.34. The van der Waals surface area contributed by atoms with Crippen LogP contribution in [0.3, 0.4) is 0 Å². The molecular formula is C13H12ClNO3S. The van der Waals surface area contributed by atoms with Crippen molar-refractivity contribution in [3.63, 3.8) is 0 Å². The Bertz CT molecular complexity index is 714. The van der Waals surface area contributed by atoms with Gasteiger partial charge in [-0.3, -0.25) is 4.72 Å². The van der Waals surface area contributed by atoms with Crippen molar-refractivity contribution < 1.29 is 13.5 Å². The second-order valence-corrected chi connectivity index (χ2v) is 6.11. The van der Waals surface area contributed by atoms with E-state index in [-0.39, 0.29) is 16.3 Å². The quantitative estimate of drug-likeness (QED) is 0.914. The second kappa shape index (κ2) is 5.11. The average molecular weight is 298 g/mol. The molecule has 0 radical (unpaired) electrons. The van der Waals surface area contributed by atoms with E-state index >= 15 is 0 Å². The van der Waals surface area contributed by atoms with Gasteiger partial charge in [0.2, 0.25) is 0 Å². The number of aromatic hydroxyl groups is 1. The number of phenols is 1. The van der Waals surface area contributed by atoms with E-state index in [1.807, 2.05) is 6.92 Å². The Labute approximate surface area is 116 Å². The van der Waals surface area contributed by atoms with Gasteiger partial charge in [0.15, 0.2) is 0 Å². The molecule has 100 valence electrons. The van der Waals surface area contributed by atoms with Crippen LogP contribution >= 0.6 is 11.6 Å². The normalized spacial score (nSPS) is 11.3. The number of aryl methyl sites for hydroxylation is 1. The topological polar surface area (TPSA) is 66.4 Å². The molecule has 2 aromatic carbocycles. The maximum atomic E-state index is 12.2. The predicted octanol–water partition coefficient (Wildman–Crippen LogP) is 3.15. The highest BCUT2D eigenvalue weighted by Gasteiger charge is 2.19. The lowest BCUT2D eigenvalue weighted by atomic mass is 10.2. The van der Waals surface area contributed by atoms with Crippen molar-refractivity contribution in [2.24, 2.45) is 0 Å². The summed E-state index contributed by atoms with van der Waals surface area (Å²) in [5, 5.41) is 9.89. The summed E-state index contributed by atoms with van der Waals surface area (Å²) >= 11 is 5.94. The summed E-state index contributed by atoms with van der Waals surface area (Å²) in [6, 6.07) is 10.7. The Balaban J connectivity index is 2.43. The zero-order valence-electron chi connectivity index (χ0n) is 10.1. The van der Waals surface area contributed by atoms with Gasteiger partial charge >= 0.3 is 0 Å². The first-order valence-corrected chi connectivity index (χ1v) is 7.33. The minimum Gasteiger partial charge on any atom is -0.507 e. The number of sulfonamides is 1. The molecule has 4 nitrogen and oxygen atoms in total. The minimum absolute atomic E-state index is 0.187. The maximum absolute atomic E-state index is 12.2. The third-order valence-corrected chi connectivity index (χ3v) is 4.26. The van der Waals surface area contributed by atoms with Crippen LogP contribution in [-0.4, -0.2) is 13.5 Å². The second-order valence-electron chi connectivity index (χ2n) is 4.06. The molecule has 0 amide bonds. The van der Waals surface area contributed by atoms with Crippen molar-refractivity contribution >= 4 is 27.3 Å². The molecule has 6 heteroatoms. The highest BCUT2D eigenvalue weighted by molar-refractivity contribution is 7.92. The van der Waals surface area contributed by atoms with Crippen molar-refractivity contribution in [1.82, 2.24) is 0 Å². The lowest BCUT2D eigenvalue weighted by Gasteiger charge is -2.11. The molecule has 0 unspecified atom stereocenters. The van der Waals surface area contributed by atoms with Gasteiger partial charge in [-0.15, -0.1) is 0 Å². The van der Waals surface area contributed by atoms with E-state index in [1.54, 1.807) is 24.3 Å². The van der Waals surface area contributed by atoms with Crippen LogP contribution in [0.2, 0.25) is 5.02 Å². The van der Waals surface area contributed by atoms with E-state index in [1.165, 1.54) is 18.2 Å². The van der Waals surface area contributed by atoms with Crippen LogP contribution in [0, 0.1) is 6.92 Å². The standard InChI is InChI=1S/C13H12ClNO3S/c1-9-6-7-10(14)11(8-9)15-19(17,18)13-5-3-2-4-12(13)16/h2-8,15-16H,1H3. The largest absolute Gasteiger partial charge is 0.507 e. The number of phenolic OH excluding ortho intramolecular Hbond substituents is 1. The third kappa shape index (κ3) is 3.00. The molecule has 0 saturated carbocycles. The van der Waals surface area contributed by atoms with E-state index in [0.29, 0.717) is 5.02 Å². The van der Waals surface area contributed by atoms with Crippen LogP contribution in [-0.2, 0) is 10.0 Å². The monoisotopic (exact) mass is 297 g/mol. The highest BCUT2D eigenvalue weighted by atomic mass is 35.5. The number of hydrogen-bond acceptors (Lipinski definition) is 3. The SMILES string of the molecule is Cc1ccc(Cl)c(NS(=O)(=O)c2ccccc2O)c1. The van der Waals surface area contributed by atoms with E-state index in [4.69, 9.17) is 11.6 Å². The summed E-state index contributed by atoms with van der Waals surface area (Å²) in [4.78, 5) is -0.187. The van der Waals surface area contributed by atoms with Crippen molar-refractivity contribution in [3.8, 4) is 5.75 Å². The van der Waals surface area contributed by atoms with Crippen LogP contribution < -0.4 is 4.72 Å². The fourth-order valence-corrected chi connectivity index (χ4v) is 2.99. The van der Waals surface area contributed by atoms with Crippen molar-refractivity contribution in [3.05, 3.63) is 53.1 Å². The molecule has 0 atom stereocenters. The van der Waals surface area contributed by atoms with E-state index in [2.05, 4.69) is 4.72 Å². The number of nitrogens with one attached hydrogen (secondary N) is 1. The Morgan fingerprint density at radius 2 is 1.84 bits per heavy atom. The van der Waals surface area contributed by atoms with Crippen molar-refractivity contribution in [1.29, 1.82) is 0 Å². The molecule has 0 bridgehead atoms. The summed E-state index contributed by atoms with van der Waals surface area (Å²) < 4.78 is 26.7. The summed E-state index contributed by atoms with van der Waals surface area (Å²) in [6.07, 6.45) is 0. The summed E-state index contributed by atoms with van der Waals surface area (Å²) in [6.45, 7) is 1.83. The molecular weight excluding hydrogens is 286 g/mol. The van der Waals surface area contributed by atoms with Crippen LogP contribution in [0.1, 0.15) is 5.56 Å². The Morgan fingerprint density at radius 3 is 2.53 bits per heavy atom. The number of para-hydroxylation sites is 1. The lowest BCUT2D eigenvalue weighted by Crippen LogP contribution is -2.13. The van der Waals surface area contributed by atoms with Gasteiger partial charge in [-0.2, -0.15) is 0 Å². The number of anilines is 1. The molecule has 0 fully saturated rings. The van der Waals surface area contributed by atoms with E-state index < -0.39 is 10.0 Å². The van der Waals surface area contributed by atoms with Crippen LogP contribution in [0.15, 0.2) is 47.4 Å². The predicted molar refractivity (Wildman–Crippen MR) is 75.1 cm³/mol. The molecule has 2 N–H and O–H groups in total. The lowest BCUT2D eigenvalue weighted by molar-refractivity contribution is 0.459.